The second-order valence-electron chi connectivity index (χ2n) is 7.35. The number of sulfonamides is 1. The molecule has 4 aromatic rings. The molecule has 0 unspecified atom stereocenters. The van der Waals surface area contributed by atoms with Gasteiger partial charge in [-0.2, -0.15) is 0 Å². The fourth-order valence-corrected chi connectivity index (χ4v) is 5.04. The van der Waals surface area contributed by atoms with E-state index in [4.69, 9.17) is 0 Å². The van der Waals surface area contributed by atoms with Crippen molar-refractivity contribution in [3.63, 3.8) is 0 Å². The molecule has 0 saturated carbocycles. The quantitative estimate of drug-likeness (QED) is 0.407. The van der Waals surface area contributed by atoms with Crippen LogP contribution in [0.1, 0.15) is 35.7 Å². The van der Waals surface area contributed by atoms with Crippen LogP contribution in [0.5, 0.6) is 0 Å². The van der Waals surface area contributed by atoms with E-state index >= 15 is 0 Å². The summed E-state index contributed by atoms with van der Waals surface area (Å²) in [5.41, 5.74) is 2.68. The molecule has 0 aliphatic carbocycles. The molecule has 1 heterocycles. The van der Waals surface area contributed by atoms with Crippen molar-refractivity contribution in [3.05, 3.63) is 83.9 Å². The van der Waals surface area contributed by atoms with Gasteiger partial charge in [0.05, 0.1) is 15.1 Å². The smallest absolute Gasteiger partial charge is 0.261 e. The van der Waals surface area contributed by atoms with E-state index in [1.54, 1.807) is 36.4 Å². The van der Waals surface area contributed by atoms with Crippen molar-refractivity contribution in [2.45, 2.75) is 24.7 Å². The van der Waals surface area contributed by atoms with Crippen LogP contribution in [-0.4, -0.2) is 19.3 Å². The molecule has 0 bridgehead atoms. The van der Waals surface area contributed by atoms with Gasteiger partial charge in [-0.1, -0.05) is 55.5 Å². The van der Waals surface area contributed by atoms with E-state index in [-0.39, 0.29) is 10.8 Å². The lowest BCUT2D eigenvalue weighted by Crippen LogP contribution is -2.15. The lowest BCUT2D eigenvalue weighted by molar-refractivity contribution is 0.102. The summed E-state index contributed by atoms with van der Waals surface area (Å²) in [5, 5.41) is 3.31. The molecule has 1 amide bonds. The fourth-order valence-electron chi connectivity index (χ4n) is 3.06. The Morgan fingerprint density at radius 1 is 0.968 bits per heavy atom. The summed E-state index contributed by atoms with van der Waals surface area (Å²) >= 11 is 1.41. The van der Waals surface area contributed by atoms with Crippen LogP contribution in [0.25, 0.3) is 10.2 Å². The number of aromatic nitrogens is 1. The number of anilines is 2. The summed E-state index contributed by atoms with van der Waals surface area (Å²) in [6.07, 6.45) is 0. The van der Waals surface area contributed by atoms with Gasteiger partial charge in [0.2, 0.25) is 0 Å². The zero-order valence-corrected chi connectivity index (χ0v) is 18.6. The molecular weight excluding hydrogens is 430 g/mol. The first-order valence-corrected chi connectivity index (χ1v) is 12.0. The predicted octanol–water partition coefficient (Wildman–Crippen LogP) is 5.47. The third kappa shape index (κ3) is 4.76. The van der Waals surface area contributed by atoms with Crippen molar-refractivity contribution >= 4 is 48.3 Å². The van der Waals surface area contributed by atoms with Gasteiger partial charge in [-0.05, 0) is 53.9 Å². The first-order chi connectivity index (χ1) is 14.8. The van der Waals surface area contributed by atoms with E-state index < -0.39 is 10.0 Å². The number of nitrogens with zero attached hydrogens (tertiary/aromatic N) is 1. The number of thiazole rings is 1. The van der Waals surface area contributed by atoms with Gasteiger partial charge in [-0.25, -0.2) is 13.4 Å². The highest BCUT2D eigenvalue weighted by molar-refractivity contribution is 7.92. The highest BCUT2D eigenvalue weighted by Crippen LogP contribution is 2.29. The summed E-state index contributed by atoms with van der Waals surface area (Å²) in [4.78, 5) is 17.4. The molecule has 8 heteroatoms. The van der Waals surface area contributed by atoms with Crippen molar-refractivity contribution in [2.24, 2.45) is 0 Å². The highest BCUT2D eigenvalue weighted by atomic mass is 32.2. The number of hydrogen-bond donors (Lipinski definition) is 2. The second-order valence-corrected chi connectivity index (χ2v) is 10.1. The SMILES string of the molecule is CC(C)c1ccc2nc(NC(=O)c3cccc(NS(=O)(=O)c4ccccc4)c3)sc2c1. The highest BCUT2D eigenvalue weighted by Gasteiger charge is 2.15. The Hall–Kier alpha value is -3.23. The third-order valence-corrected chi connectivity index (χ3v) is 7.06. The number of hydrogen-bond acceptors (Lipinski definition) is 5. The average Bonchev–Trinajstić information content (AvgIpc) is 3.15. The maximum Gasteiger partial charge on any atom is 0.261 e. The Labute approximate surface area is 185 Å². The van der Waals surface area contributed by atoms with E-state index in [1.165, 1.54) is 35.1 Å². The van der Waals surface area contributed by atoms with Crippen molar-refractivity contribution in [3.8, 4) is 0 Å². The Morgan fingerprint density at radius 2 is 1.74 bits per heavy atom. The number of nitrogens with one attached hydrogen (secondary N) is 2. The number of rotatable bonds is 6. The van der Waals surface area contributed by atoms with Crippen molar-refractivity contribution in [1.82, 2.24) is 4.98 Å². The molecule has 0 atom stereocenters. The maximum absolute atomic E-state index is 12.7. The number of carbonyl (C=O) groups is 1. The summed E-state index contributed by atoms with van der Waals surface area (Å²) < 4.78 is 28.6. The van der Waals surface area contributed by atoms with Crippen LogP contribution in [0.2, 0.25) is 0 Å². The lowest BCUT2D eigenvalue weighted by Gasteiger charge is -2.09. The van der Waals surface area contributed by atoms with Gasteiger partial charge in [0, 0.05) is 11.3 Å². The van der Waals surface area contributed by atoms with Crippen LogP contribution in [0, 0.1) is 0 Å². The van der Waals surface area contributed by atoms with E-state index in [0.29, 0.717) is 22.3 Å². The van der Waals surface area contributed by atoms with E-state index in [9.17, 15) is 13.2 Å². The van der Waals surface area contributed by atoms with Crippen LogP contribution >= 0.6 is 11.3 Å². The summed E-state index contributed by atoms with van der Waals surface area (Å²) in [5.74, 6) is 0.0517. The summed E-state index contributed by atoms with van der Waals surface area (Å²) in [7, 11) is -3.74. The van der Waals surface area contributed by atoms with Crippen LogP contribution in [0.15, 0.2) is 77.7 Å². The molecule has 0 aliphatic heterocycles. The molecule has 4 rings (SSSR count). The number of fused-ring (bicyclic) bond motifs is 1. The van der Waals surface area contributed by atoms with Gasteiger partial charge in [0.1, 0.15) is 0 Å². The minimum absolute atomic E-state index is 0.153. The van der Waals surface area contributed by atoms with Gasteiger partial charge in [0.25, 0.3) is 15.9 Å². The molecule has 31 heavy (non-hydrogen) atoms. The molecule has 0 spiro atoms. The zero-order chi connectivity index (χ0) is 22.0. The average molecular weight is 452 g/mol. The number of carbonyl (C=O) groups excluding carboxylic acids is 1. The Morgan fingerprint density at radius 3 is 2.48 bits per heavy atom. The molecule has 6 nitrogen and oxygen atoms in total. The van der Waals surface area contributed by atoms with Gasteiger partial charge in [0.15, 0.2) is 5.13 Å². The second kappa shape index (κ2) is 8.49. The van der Waals surface area contributed by atoms with E-state index in [1.807, 2.05) is 12.1 Å². The lowest BCUT2D eigenvalue weighted by atomic mass is 10.0. The Balaban J connectivity index is 1.53. The van der Waals surface area contributed by atoms with Gasteiger partial charge >= 0.3 is 0 Å². The molecular formula is C23H21N3O3S2. The summed E-state index contributed by atoms with van der Waals surface area (Å²) in [6.45, 7) is 4.26. The molecule has 0 saturated heterocycles. The van der Waals surface area contributed by atoms with Crippen LogP contribution in [-0.2, 0) is 10.0 Å². The van der Waals surface area contributed by atoms with E-state index in [2.05, 4.69) is 34.9 Å². The molecule has 3 aromatic carbocycles. The van der Waals surface area contributed by atoms with Crippen molar-refractivity contribution in [1.29, 1.82) is 0 Å². The number of amides is 1. The van der Waals surface area contributed by atoms with Gasteiger partial charge in [-0.3, -0.25) is 14.8 Å². The largest absolute Gasteiger partial charge is 0.298 e. The monoisotopic (exact) mass is 451 g/mol. The van der Waals surface area contributed by atoms with Gasteiger partial charge < -0.3 is 0 Å². The zero-order valence-electron chi connectivity index (χ0n) is 17.0. The standard InChI is InChI=1S/C23H21N3O3S2/c1-15(2)16-11-12-20-21(14-16)30-23(24-20)25-22(27)17-7-6-8-18(13-17)26-31(28,29)19-9-4-3-5-10-19/h3-15,26H,1-2H3,(H,24,25,27). The fraction of sp³-hybridized carbons (Fsp3) is 0.130. The first-order valence-electron chi connectivity index (χ1n) is 9.71. The minimum atomic E-state index is -3.74. The predicted molar refractivity (Wildman–Crippen MR) is 125 cm³/mol. The first kappa shape index (κ1) is 21.0. The normalized spacial score (nSPS) is 11.6. The molecule has 2 N–H and O–H groups in total. The topological polar surface area (TPSA) is 88.2 Å². The molecule has 158 valence electrons. The molecule has 0 fully saturated rings. The van der Waals surface area contributed by atoms with Crippen molar-refractivity contribution < 1.29 is 13.2 Å². The van der Waals surface area contributed by atoms with Crippen LogP contribution in [0.4, 0.5) is 10.8 Å². The third-order valence-electron chi connectivity index (χ3n) is 4.73. The van der Waals surface area contributed by atoms with Crippen LogP contribution < -0.4 is 10.0 Å². The molecule has 0 radical (unpaired) electrons. The number of benzene rings is 3. The van der Waals surface area contributed by atoms with Crippen LogP contribution in [0.3, 0.4) is 0 Å². The minimum Gasteiger partial charge on any atom is -0.298 e. The van der Waals surface area contributed by atoms with Crippen molar-refractivity contribution in [2.75, 3.05) is 10.0 Å². The molecule has 1 aromatic heterocycles. The maximum atomic E-state index is 12.7. The molecule has 0 aliphatic rings. The Kier molecular flexibility index (Phi) is 5.75. The van der Waals surface area contributed by atoms with E-state index in [0.717, 1.165) is 10.2 Å². The van der Waals surface area contributed by atoms with Gasteiger partial charge in [-0.15, -0.1) is 0 Å². The Bertz CT molecular complexity index is 1350. The summed E-state index contributed by atoms with van der Waals surface area (Å²) in [6, 6.07) is 20.5.